The molecule has 0 atom stereocenters. The third-order valence-electron chi connectivity index (χ3n) is 10.6. The number of rotatable bonds is 7. The maximum atomic E-state index is 2.48. The van der Waals surface area contributed by atoms with Gasteiger partial charge >= 0.3 is 0 Å². The van der Waals surface area contributed by atoms with Crippen molar-refractivity contribution in [2.75, 3.05) is 4.90 Å². The number of anilines is 3. The molecule has 0 aliphatic heterocycles. The zero-order chi connectivity index (χ0) is 35.8. The molecule has 0 N–H and O–H groups in total. The highest BCUT2D eigenvalue weighted by Gasteiger charge is 2.24. The topological polar surface area (TPSA) is 8.17 Å². The molecule has 0 bridgehead atoms. The van der Waals surface area contributed by atoms with Crippen LogP contribution in [-0.4, -0.2) is 4.57 Å². The summed E-state index contributed by atoms with van der Waals surface area (Å²) in [7, 11) is 0. The maximum Gasteiger partial charge on any atom is 0.0561 e. The third kappa shape index (κ3) is 5.36. The van der Waals surface area contributed by atoms with E-state index in [1.54, 1.807) is 0 Å². The molecule has 0 aliphatic carbocycles. The predicted molar refractivity (Wildman–Crippen MR) is 229 cm³/mol. The van der Waals surface area contributed by atoms with Gasteiger partial charge in [-0.05, 0) is 75.7 Å². The van der Waals surface area contributed by atoms with Crippen molar-refractivity contribution in [1.29, 1.82) is 0 Å². The monoisotopic (exact) mass is 688 g/mol. The fourth-order valence-electron chi connectivity index (χ4n) is 8.20. The lowest BCUT2D eigenvalue weighted by molar-refractivity contribution is 1.18. The number of fused-ring (bicyclic) bond motifs is 4. The Kier molecular flexibility index (Phi) is 7.85. The number of aromatic nitrogens is 1. The molecule has 0 fully saturated rings. The van der Waals surface area contributed by atoms with Crippen molar-refractivity contribution in [3.8, 4) is 39.1 Å². The molecule has 1 aromatic heterocycles. The molecule has 254 valence electrons. The van der Waals surface area contributed by atoms with Gasteiger partial charge in [-0.3, -0.25) is 0 Å². The van der Waals surface area contributed by atoms with E-state index in [1.807, 2.05) is 0 Å². The summed E-state index contributed by atoms with van der Waals surface area (Å²) in [5.41, 5.74) is 14.0. The van der Waals surface area contributed by atoms with Crippen LogP contribution in [0.5, 0.6) is 0 Å². The largest absolute Gasteiger partial charge is 0.309 e. The average molecular weight is 689 g/mol. The van der Waals surface area contributed by atoms with Gasteiger partial charge in [0.2, 0.25) is 0 Å². The average Bonchev–Trinajstić information content (AvgIpc) is 3.58. The molecule has 1 heterocycles. The number of nitrogens with zero attached hydrogens (tertiary/aromatic N) is 2. The smallest absolute Gasteiger partial charge is 0.0561 e. The zero-order valence-corrected chi connectivity index (χ0v) is 29.7. The Balaban J connectivity index is 1.31. The van der Waals surface area contributed by atoms with E-state index in [0.29, 0.717) is 0 Å². The van der Waals surface area contributed by atoms with Crippen LogP contribution < -0.4 is 4.90 Å². The van der Waals surface area contributed by atoms with Crippen LogP contribution in [0.15, 0.2) is 218 Å². The van der Waals surface area contributed by atoms with Gasteiger partial charge in [-0.15, -0.1) is 0 Å². The minimum Gasteiger partial charge on any atom is -0.309 e. The molecule has 0 aliphatic rings. The molecule has 10 rings (SSSR count). The summed E-state index contributed by atoms with van der Waals surface area (Å²) in [5.74, 6) is 0. The maximum absolute atomic E-state index is 2.48. The molecular formula is C52H36N2. The van der Waals surface area contributed by atoms with E-state index in [0.717, 1.165) is 28.3 Å². The van der Waals surface area contributed by atoms with Crippen molar-refractivity contribution in [1.82, 2.24) is 4.57 Å². The predicted octanol–water partition coefficient (Wildman–Crippen LogP) is 14.4. The van der Waals surface area contributed by atoms with Gasteiger partial charge in [0.15, 0.2) is 0 Å². The number of hydrogen-bond acceptors (Lipinski definition) is 1. The Morgan fingerprint density at radius 3 is 1.57 bits per heavy atom. The highest BCUT2D eigenvalue weighted by molar-refractivity contribution is 6.12. The van der Waals surface area contributed by atoms with Crippen LogP contribution in [0.1, 0.15) is 0 Å². The number of hydrogen-bond donors (Lipinski definition) is 0. The second-order valence-corrected chi connectivity index (χ2v) is 13.7. The molecule has 0 saturated heterocycles. The highest BCUT2D eigenvalue weighted by Crippen LogP contribution is 2.49. The van der Waals surface area contributed by atoms with Crippen molar-refractivity contribution in [3.63, 3.8) is 0 Å². The fraction of sp³-hybridized carbons (Fsp3) is 0. The summed E-state index contributed by atoms with van der Waals surface area (Å²) < 4.78 is 2.40. The van der Waals surface area contributed by atoms with Gasteiger partial charge in [0, 0.05) is 33.1 Å². The van der Waals surface area contributed by atoms with Crippen molar-refractivity contribution in [2.45, 2.75) is 0 Å². The SMILES string of the molecule is c1ccc(-c2cccc(N(c3ccc4c5ccccc5n(-c5ccccc5)c4c3)c3ccc(-c4ccccc4)c4ccccc34)c2-c2ccccc2)cc1. The summed E-state index contributed by atoms with van der Waals surface area (Å²) >= 11 is 0. The first-order valence-corrected chi connectivity index (χ1v) is 18.5. The first-order valence-electron chi connectivity index (χ1n) is 18.5. The van der Waals surface area contributed by atoms with Crippen molar-refractivity contribution in [2.24, 2.45) is 0 Å². The van der Waals surface area contributed by atoms with Crippen LogP contribution in [0.3, 0.4) is 0 Å². The first kappa shape index (κ1) is 31.6. The Morgan fingerprint density at radius 2 is 0.870 bits per heavy atom. The van der Waals surface area contributed by atoms with Crippen molar-refractivity contribution >= 4 is 49.6 Å². The molecule has 2 nitrogen and oxygen atoms in total. The summed E-state index contributed by atoms with van der Waals surface area (Å²) in [5, 5.41) is 4.87. The van der Waals surface area contributed by atoms with Crippen LogP contribution in [0.25, 0.3) is 71.6 Å². The summed E-state index contributed by atoms with van der Waals surface area (Å²) in [6.07, 6.45) is 0. The summed E-state index contributed by atoms with van der Waals surface area (Å²) in [6, 6.07) is 79.0. The second kappa shape index (κ2) is 13.4. The Labute approximate surface area is 315 Å². The van der Waals surface area contributed by atoms with Gasteiger partial charge in [-0.1, -0.05) is 176 Å². The lowest BCUT2D eigenvalue weighted by atomic mass is 9.91. The van der Waals surface area contributed by atoms with E-state index < -0.39 is 0 Å². The quantitative estimate of drug-likeness (QED) is 0.162. The van der Waals surface area contributed by atoms with Crippen LogP contribution in [0.4, 0.5) is 17.1 Å². The van der Waals surface area contributed by atoms with E-state index in [-0.39, 0.29) is 0 Å². The van der Waals surface area contributed by atoms with Gasteiger partial charge in [0.1, 0.15) is 0 Å². The lowest BCUT2D eigenvalue weighted by Crippen LogP contribution is -2.12. The normalized spacial score (nSPS) is 11.3. The van der Waals surface area contributed by atoms with Gasteiger partial charge in [-0.25, -0.2) is 0 Å². The minimum absolute atomic E-state index is 1.09. The van der Waals surface area contributed by atoms with Crippen molar-refractivity contribution < 1.29 is 0 Å². The molecule has 9 aromatic carbocycles. The van der Waals surface area contributed by atoms with E-state index >= 15 is 0 Å². The van der Waals surface area contributed by atoms with E-state index in [9.17, 15) is 0 Å². The van der Waals surface area contributed by atoms with Crippen LogP contribution in [0.2, 0.25) is 0 Å². The zero-order valence-electron chi connectivity index (χ0n) is 29.7. The van der Waals surface area contributed by atoms with E-state index in [4.69, 9.17) is 0 Å². The second-order valence-electron chi connectivity index (χ2n) is 13.7. The van der Waals surface area contributed by atoms with Crippen LogP contribution >= 0.6 is 0 Å². The van der Waals surface area contributed by atoms with E-state index in [2.05, 4.69) is 228 Å². The van der Waals surface area contributed by atoms with Crippen molar-refractivity contribution in [3.05, 3.63) is 218 Å². The number of benzene rings is 9. The Hall–Kier alpha value is -7.16. The molecule has 10 aromatic rings. The number of para-hydroxylation sites is 2. The molecule has 0 amide bonds. The first-order chi connectivity index (χ1) is 26.8. The van der Waals surface area contributed by atoms with Crippen LogP contribution in [0, 0.1) is 0 Å². The Morgan fingerprint density at radius 1 is 0.315 bits per heavy atom. The molecule has 54 heavy (non-hydrogen) atoms. The van der Waals surface area contributed by atoms with Gasteiger partial charge < -0.3 is 9.47 Å². The standard InChI is InChI=1S/C52H36N2/c1-5-18-37(19-6-1)42-34-35-49(45-27-14-13-26-44(42)45)54(50-31-17-29-43(38-20-7-2-8-21-38)52(50)39-22-9-3-10-23-39)41-32-33-47-46-28-15-16-30-48(46)53(51(47)36-41)40-24-11-4-12-25-40/h1-36H. The molecule has 0 unspecified atom stereocenters. The Bertz CT molecular complexity index is 2910. The van der Waals surface area contributed by atoms with Gasteiger partial charge in [-0.2, -0.15) is 0 Å². The molecule has 0 radical (unpaired) electrons. The van der Waals surface area contributed by atoms with Gasteiger partial charge in [0.05, 0.1) is 22.4 Å². The minimum atomic E-state index is 1.09. The fourth-order valence-corrected chi connectivity index (χ4v) is 8.20. The van der Waals surface area contributed by atoms with Gasteiger partial charge in [0.25, 0.3) is 0 Å². The molecule has 0 saturated carbocycles. The van der Waals surface area contributed by atoms with E-state index in [1.165, 1.54) is 60.4 Å². The molecule has 2 heteroatoms. The third-order valence-corrected chi connectivity index (χ3v) is 10.6. The molecular weight excluding hydrogens is 653 g/mol. The highest BCUT2D eigenvalue weighted by atomic mass is 15.1. The summed E-state index contributed by atoms with van der Waals surface area (Å²) in [6.45, 7) is 0. The molecule has 0 spiro atoms. The lowest BCUT2D eigenvalue weighted by Gasteiger charge is -2.31. The van der Waals surface area contributed by atoms with Crippen LogP contribution in [-0.2, 0) is 0 Å². The summed E-state index contributed by atoms with van der Waals surface area (Å²) in [4.78, 5) is 2.48.